The van der Waals surface area contributed by atoms with Crippen LogP contribution in [0.2, 0.25) is 5.02 Å². The molecule has 0 bridgehead atoms. The van der Waals surface area contributed by atoms with E-state index in [2.05, 4.69) is 53.2 Å². The molecule has 1 aliphatic rings. The van der Waals surface area contributed by atoms with Crippen molar-refractivity contribution in [3.8, 4) is 11.3 Å². The van der Waals surface area contributed by atoms with Gasteiger partial charge >= 0.3 is 0 Å². The molecule has 144 valence electrons. The van der Waals surface area contributed by atoms with E-state index in [9.17, 15) is 0 Å². The molecule has 1 N–H and O–H groups in total. The van der Waals surface area contributed by atoms with E-state index in [4.69, 9.17) is 11.6 Å². The maximum atomic E-state index is 6.08. The van der Waals surface area contributed by atoms with Crippen molar-refractivity contribution in [3.05, 3.63) is 59.1 Å². The number of rotatable bonds is 4. The Morgan fingerprint density at radius 1 is 1.04 bits per heavy atom. The molecule has 1 saturated heterocycles. The van der Waals surface area contributed by atoms with Gasteiger partial charge < -0.3 is 9.88 Å². The van der Waals surface area contributed by atoms with Gasteiger partial charge in [0.15, 0.2) is 0 Å². The predicted octanol–water partition coefficient (Wildman–Crippen LogP) is 6.93. The summed E-state index contributed by atoms with van der Waals surface area (Å²) < 4.78 is 0. The zero-order chi connectivity index (χ0) is 19.2. The van der Waals surface area contributed by atoms with Crippen LogP contribution in [0.1, 0.15) is 45.6 Å². The van der Waals surface area contributed by atoms with Crippen molar-refractivity contribution in [2.24, 2.45) is 0 Å². The molecule has 0 saturated carbocycles. The SMILES string of the molecule is CC.CC1CCCCN1CCc1c(-c2ccc(Cl)cc2)[nH]c2ccccc12. The van der Waals surface area contributed by atoms with Gasteiger partial charge in [-0.1, -0.05) is 62.2 Å². The first kappa shape index (κ1) is 20.0. The highest BCUT2D eigenvalue weighted by atomic mass is 35.5. The lowest BCUT2D eigenvalue weighted by Gasteiger charge is -2.33. The van der Waals surface area contributed by atoms with Crippen LogP contribution in [-0.2, 0) is 6.42 Å². The fourth-order valence-corrected chi connectivity index (χ4v) is 4.19. The Hall–Kier alpha value is -1.77. The van der Waals surface area contributed by atoms with Crippen molar-refractivity contribution >= 4 is 22.5 Å². The molecule has 1 atom stereocenters. The number of hydrogen-bond acceptors (Lipinski definition) is 1. The van der Waals surface area contributed by atoms with E-state index in [-0.39, 0.29) is 0 Å². The van der Waals surface area contributed by atoms with Gasteiger partial charge in [0.25, 0.3) is 0 Å². The molecule has 27 heavy (non-hydrogen) atoms. The summed E-state index contributed by atoms with van der Waals surface area (Å²) in [6.45, 7) is 8.73. The Kier molecular flexibility index (Phi) is 6.98. The van der Waals surface area contributed by atoms with Gasteiger partial charge in [-0.05, 0) is 62.1 Å². The van der Waals surface area contributed by atoms with Gasteiger partial charge in [0.05, 0.1) is 0 Å². The number of fused-ring (bicyclic) bond motifs is 1. The molecule has 1 fully saturated rings. The molecule has 4 rings (SSSR count). The van der Waals surface area contributed by atoms with Crippen molar-refractivity contribution in [1.82, 2.24) is 9.88 Å². The quantitative estimate of drug-likeness (QED) is 0.518. The molecule has 0 radical (unpaired) electrons. The Morgan fingerprint density at radius 3 is 2.52 bits per heavy atom. The number of aromatic amines is 1. The highest BCUT2D eigenvalue weighted by molar-refractivity contribution is 6.30. The van der Waals surface area contributed by atoms with Crippen molar-refractivity contribution < 1.29 is 0 Å². The summed E-state index contributed by atoms with van der Waals surface area (Å²) in [7, 11) is 0. The first-order valence-corrected chi connectivity index (χ1v) is 10.7. The van der Waals surface area contributed by atoms with Gasteiger partial charge in [-0.25, -0.2) is 0 Å². The number of nitrogens with one attached hydrogen (secondary N) is 1. The third-order valence-electron chi connectivity index (χ3n) is 5.54. The zero-order valence-electron chi connectivity index (χ0n) is 16.8. The van der Waals surface area contributed by atoms with Crippen molar-refractivity contribution in [2.75, 3.05) is 13.1 Å². The fourth-order valence-electron chi connectivity index (χ4n) is 4.07. The summed E-state index contributed by atoms with van der Waals surface area (Å²) in [5.74, 6) is 0. The van der Waals surface area contributed by atoms with Crippen LogP contribution in [0, 0.1) is 0 Å². The summed E-state index contributed by atoms with van der Waals surface area (Å²) in [6, 6.07) is 17.5. The van der Waals surface area contributed by atoms with Gasteiger partial charge in [-0.15, -0.1) is 0 Å². The number of para-hydroxylation sites is 1. The van der Waals surface area contributed by atoms with Gasteiger partial charge in [0.1, 0.15) is 0 Å². The van der Waals surface area contributed by atoms with E-state index in [1.807, 2.05) is 26.0 Å². The van der Waals surface area contributed by atoms with Crippen LogP contribution < -0.4 is 0 Å². The van der Waals surface area contributed by atoms with Crippen LogP contribution in [0.15, 0.2) is 48.5 Å². The number of piperidine rings is 1. The highest BCUT2D eigenvalue weighted by Crippen LogP contribution is 2.32. The highest BCUT2D eigenvalue weighted by Gasteiger charge is 2.19. The van der Waals surface area contributed by atoms with Gasteiger partial charge in [-0.2, -0.15) is 0 Å². The molecule has 0 amide bonds. The van der Waals surface area contributed by atoms with E-state index in [0.717, 1.165) is 18.0 Å². The van der Waals surface area contributed by atoms with Crippen LogP contribution in [0.3, 0.4) is 0 Å². The molecule has 1 aromatic heterocycles. The van der Waals surface area contributed by atoms with Crippen molar-refractivity contribution in [1.29, 1.82) is 0 Å². The Labute approximate surface area is 168 Å². The van der Waals surface area contributed by atoms with E-state index in [1.165, 1.54) is 53.5 Å². The summed E-state index contributed by atoms with van der Waals surface area (Å²) in [4.78, 5) is 6.29. The minimum atomic E-state index is 0.706. The third-order valence-corrected chi connectivity index (χ3v) is 5.79. The summed E-state index contributed by atoms with van der Waals surface area (Å²) >= 11 is 6.08. The molecule has 0 spiro atoms. The summed E-state index contributed by atoms with van der Waals surface area (Å²) in [5.41, 5.74) is 5.09. The average Bonchev–Trinajstić information content (AvgIpc) is 3.08. The maximum absolute atomic E-state index is 6.08. The molecule has 3 heteroatoms. The predicted molar refractivity (Wildman–Crippen MR) is 119 cm³/mol. The summed E-state index contributed by atoms with van der Waals surface area (Å²) in [6.07, 6.45) is 5.12. The van der Waals surface area contributed by atoms with Gasteiger partial charge in [-0.3, -0.25) is 0 Å². The number of H-pyrrole nitrogens is 1. The molecule has 2 heterocycles. The monoisotopic (exact) mass is 382 g/mol. The van der Waals surface area contributed by atoms with Crippen molar-refractivity contribution in [3.63, 3.8) is 0 Å². The van der Waals surface area contributed by atoms with Crippen LogP contribution >= 0.6 is 11.6 Å². The van der Waals surface area contributed by atoms with Crippen LogP contribution in [-0.4, -0.2) is 29.0 Å². The van der Waals surface area contributed by atoms with E-state index in [1.54, 1.807) is 0 Å². The fraction of sp³-hybridized carbons (Fsp3) is 0.417. The molecule has 1 aliphatic heterocycles. The number of likely N-dealkylation sites (tertiary alicyclic amines) is 1. The second-order valence-electron chi connectivity index (χ2n) is 7.16. The lowest BCUT2D eigenvalue weighted by atomic mass is 10.00. The van der Waals surface area contributed by atoms with Crippen LogP contribution in [0.25, 0.3) is 22.2 Å². The molecular weight excluding hydrogens is 352 g/mol. The Balaban J connectivity index is 0.00000102. The van der Waals surface area contributed by atoms with Crippen molar-refractivity contribution in [2.45, 2.75) is 52.5 Å². The molecule has 2 aromatic carbocycles. The maximum Gasteiger partial charge on any atom is 0.0497 e. The number of aromatic nitrogens is 1. The standard InChI is InChI=1S/C22H25ClN2.C2H6/c1-16-6-4-5-14-25(16)15-13-20-19-7-2-3-8-21(19)24-22(20)17-9-11-18(23)12-10-17;1-2/h2-3,7-12,16,24H,4-6,13-15H2,1H3;1-2H3. The second-order valence-corrected chi connectivity index (χ2v) is 7.60. The third kappa shape index (κ3) is 4.56. The topological polar surface area (TPSA) is 19.0 Å². The van der Waals surface area contributed by atoms with E-state index in [0.29, 0.717) is 6.04 Å². The first-order valence-electron chi connectivity index (χ1n) is 10.3. The average molecular weight is 383 g/mol. The first-order chi connectivity index (χ1) is 13.2. The van der Waals surface area contributed by atoms with Gasteiger partial charge in [0, 0.05) is 34.2 Å². The normalized spacial score (nSPS) is 17.6. The van der Waals surface area contributed by atoms with Crippen LogP contribution in [0.5, 0.6) is 0 Å². The lowest BCUT2D eigenvalue weighted by Crippen LogP contribution is -2.38. The number of halogens is 1. The molecule has 2 nitrogen and oxygen atoms in total. The number of benzene rings is 2. The minimum Gasteiger partial charge on any atom is -0.354 e. The Bertz CT molecular complexity index is 850. The van der Waals surface area contributed by atoms with E-state index < -0.39 is 0 Å². The largest absolute Gasteiger partial charge is 0.354 e. The van der Waals surface area contributed by atoms with Gasteiger partial charge in [0.2, 0.25) is 0 Å². The molecule has 1 unspecified atom stereocenters. The molecule has 0 aliphatic carbocycles. The minimum absolute atomic E-state index is 0.706. The lowest BCUT2D eigenvalue weighted by molar-refractivity contribution is 0.163. The van der Waals surface area contributed by atoms with E-state index >= 15 is 0 Å². The second kappa shape index (κ2) is 9.43. The van der Waals surface area contributed by atoms with Crippen LogP contribution in [0.4, 0.5) is 0 Å². The number of nitrogens with zero attached hydrogens (tertiary/aromatic N) is 1. The summed E-state index contributed by atoms with van der Waals surface area (Å²) in [5, 5.41) is 2.13. The number of hydrogen-bond donors (Lipinski definition) is 1. The zero-order valence-corrected chi connectivity index (χ0v) is 17.5. The smallest absolute Gasteiger partial charge is 0.0497 e. The Morgan fingerprint density at radius 2 is 1.78 bits per heavy atom. The molecular formula is C24H31ClN2. The molecule has 3 aromatic rings.